The van der Waals surface area contributed by atoms with Crippen molar-refractivity contribution in [1.82, 2.24) is 0 Å². The van der Waals surface area contributed by atoms with Crippen molar-refractivity contribution in [1.29, 1.82) is 0 Å². The first-order valence-electron chi connectivity index (χ1n) is 4.24. The summed E-state index contributed by atoms with van der Waals surface area (Å²) in [5.41, 5.74) is -0.135. The molecule has 12 heavy (non-hydrogen) atoms. The van der Waals surface area contributed by atoms with Gasteiger partial charge in [0.1, 0.15) is 0 Å². The molecule has 1 rings (SSSR count). The van der Waals surface area contributed by atoms with Crippen molar-refractivity contribution in [2.75, 3.05) is 0 Å². The zero-order valence-electron chi connectivity index (χ0n) is 8.09. The van der Waals surface area contributed by atoms with E-state index in [-0.39, 0.29) is 17.5 Å². The van der Waals surface area contributed by atoms with Gasteiger partial charge in [-0.05, 0) is 6.92 Å². The van der Waals surface area contributed by atoms with Crippen molar-refractivity contribution in [2.24, 2.45) is 5.41 Å². The van der Waals surface area contributed by atoms with Gasteiger partial charge in [0.25, 0.3) is 0 Å². The highest BCUT2D eigenvalue weighted by molar-refractivity contribution is 5.70. The Morgan fingerprint density at radius 1 is 1.42 bits per heavy atom. The maximum atomic E-state index is 11.0. The lowest BCUT2D eigenvalue weighted by atomic mass is 9.95. The molecule has 70 valence electrons. The van der Waals surface area contributed by atoms with Crippen molar-refractivity contribution in [3.63, 3.8) is 0 Å². The zero-order chi connectivity index (χ0) is 9.35. The van der Waals surface area contributed by atoms with Crippen LogP contribution in [-0.4, -0.2) is 18.4 Å². The largest absolute Gasteiger partial charge is 0.435 e. The van der Waals surface area contributed by atoms with Gasteiger partial charge in [-0.15, -0.1) is 0 Å². The lowest BCUT2D eigenvalue weighted by Crippen LogP contribution is -2.41. The normalized spacial score (nSPS) is 31.5. The Morgan fingerprint density at radius 2 is 2.00 bits per heavy atom. The second-order valence-corrected chi connectivity index (χ2v) is 4.34. The minimum Gasteiger partial charge on any atom is -0.435 e. The molecular formula is C9H16O3. The van der Waals surface area contributed by atoms with E-state index in [9.17, 15) is 4.79 Å². The molecule has 1 fully saturated rings. The van der Waals surface area contributed by atoms with E-state index in [1.54, 1.807) is 0 Å². The molecule has 0 N–H and O–H groups in total. The highest BCUT2D eigenvalue weighted by atomic mass is 16.7. The van der Waals surface area contributed by atoms with E-state index in [1.165, 1.54) is 0 Å². The third-order valence-corrected chi connectivity index (χ3v) is 1.76. The molecule has 0 saturated carbocycles. The molecule has 0 aliphatic carbocycles. The van der Waals surface area contributed by atoms with E-state index in [0.29, 0.717) is 6.42 Å². The highest BCUT2D eigenvalue weighted by Gasteiger charge is 2.35. The van der Waals surface area contributed by atoms with Crippen LogP contribution in [0.4, 0.5) is 0 Å². The summed E-state index contributed by atoms with van der Waals surface area (Å²) in [4.78, 5) is 11.0. The van der Waals surface area contributed by atoms with Crippen LogP contribution in [0.25, 0.3) is 0 Å². The summed E-state index contributed by atoms with van der Waals surface area (Å²) < 4.78 is 10.5. The second kappa shape index (κ2) is 3.05. The number of ether oxygens (including phenoxy) is 2. The first kappa shape index (κ1) is 9.52. The summed E-state index contributed by atoms with van der Waals surface area (Å²) in [6.45, 7) is 7.86. The average Bonchev–Trinajstić information content (AvgIpc) is 1.82. The van der Waals surface area contributed by atoms with Crippen molar-refractivity contribution < 1.29 is 14.3 Å². The van der Waals surface area contributed by atoms with Crippen LogP contribution in [0.3, 0.4) is 0 Å². The number of carbonyl (C=O) groups excluding carboxylic acids is 1. The number of carbonyl (C=O) groups is 1. The smallest absolute Gasteiger partial charge is 0.310 e. The quantitative estimate of drug-likeness (QED) is 0.522. The Kier molecular flexibility index (Phi) is 2.42. The van der Waals surface area contributed by atoms with Crippen LogP contribution in [-0.2, 0) is 14.3 Å². The summed E-state index contributed by atoms with van der Waals surface area (Å²) in [6, 6.07) is 0. The van der Waals surface area contributed by atoms with Gasteiger partial charge in [0, 0.05) is 5.41 Å². The van der Waals surface area contributed by atoms with Crippen LogP contribution >= 0.6 is 0 Å². The Balaban J connectivity index is 2.62. The van der Waals surface area contributed by atoms with Gasteiger partial charge in [-0.3, -0.25) is 4.79 Å². The molecule has 1 aliphatic rings. The number of hydrogen-bond donors (Lipinski definition) is 0. The predicted octanol–water partition coefficient (Wildman–Crippen LogP) is 1.71. The third kappa shape index (κ3) is 2.21. The molecule has 1 heterocycles. The Morgan fingerprint density at radius 3 is 2.42 bits per heavy atom. The molecule has 0 aromatic rings. The van der Waals surface area contributed by atoms with Gasteiger partial charge in [-0.25, -0.2) is 0 Å². The first-order chi connectivity index (χ1) is 5.39. The molecule has 3 nitrogen and oxygen atoms in total. The van der Waals surface area contributed by atoms with Crippen LogP contribution in [0.2, 0.25) is 0 Å². The molecule has 0 aromatic heterocycles. The van der Waals surface area contributed by atoms with E-state index in [2.05, 4.69) is 0 Å². The van der Waals surface area contributed by atoms with E-state index in [1.807, 2.05) is 27.7 Å². The van der Waals surface area contributed by atoms with Gasteiger partial charge < -0.3 is 9.47 Å². The minimum absolute atomic E-state index is 0.0181. The monoisotopic (exact) mass is 172 g/mol. The van der Waals surface area contributed by atoms with Gasteiger partial charge >= 0.3 is 5.97 Å². The van der Waals surface area contributed by atoms with Crippen LogP contribution in [0.15, 0.2) is 0 Å². The van der Waals surface area contributed by atoms with Crippen molar-refractivity contribution in [3.8, 4) is 0 Å². The summed E-state index contributed by atoms with van der Waals surface area (Å²) in [5.74, 6) is -0.159. The van der Waals surface area contributed by atoms with Crippen LogP contribution in [0.5, 0.6) is 0 Å². The second-order valence-electron chi connectivity index (χ2n) is 4.34. The molecular weight excluding hydrogens is 156 g/mol. The molecule has 1 unspecified atom stereocenters. The van der Waals surface area contributed by atoms with E-state index >= 15 is 0 Å². The summed E-state index contributed by atoms with van der Waals surface area (Å²) in [5, 5.41) is 0. The third-order valence-electron chi connectivity index (χ3n) is 1.76. The van der Waals surface area contributed by atoms with Crippen LogP contribution in [0.1, 0.15) is 34.1 Å². The average molecular weight is 172 g/mol. The van der Waals surface area contributed by atoms with E-state index < -0.39 is 6.29 Å². The summed E-state index contributed by atoms with van der Waals surface area (Å²) >= 11 is 0. The maximum absolute atomic E-state index is 11.0. The fourth-order valence-electron chi connectivity index (χ4n) is 1.07. The molecule has 0 bridgehead atoms. The number of rotatable bonds is 0. The Bertz CT molecular complexity index is 181. The Labute approximate surface area is 73.0 Å². The molecule has 2 atom stereocenters. The topological polar surface area (TPSA) is 35.5 Å². The Hall–Kier alpha value is -0.570. The first-order valence-corrected chi connectivity index (χ1v) is 4.24. The molecule has 3 heteroatoms. The van der Waals surface area contributed by atoms with Gasteiger partial charge in [-0.2, -0.15) is 0 Å². The summed E-state index contributed by atoms with van der Waals surface area (Å²) in [7, 11) is 0. The molecule has 0 aromatic carbocycles. The van der Waals surface area contributed by atoms with Gasteiger partial charge in [0.2, 0.25) is 6.29 Å². The number of esters is 1. The van der Waals surface area contributed by atoms with Crippen LogP contribution in [0, 0.1) is 5.41 Å². The molecule has 0 radical (unpaired) electrons. The highest BCUT2D eigenvalue weighted by Crippen LogP contribution is 2.28. The predicted molar refractivity (Wildman–Crippen MR) is 44.5 cm³/mol. The van der Waals surface area contributed by atoms with Gasteiger partial charge in [-0.1, -0.05) is 20.8 Å². The number of hydrogen-bond acceptors (Lipinski definition) is 3. The van der Waals surface area contributed by atoms with E-state index in [4.69, 9.17) is 9.47 Å². The lowest BCUT2D eigenvalue weighted by Gasteiger charge is -2.35. The van der Waals surface area contributed by atoms with E-state index in [0.717, 1.165) is 0 Å². The standard InChI is InChI=1S/C9H16O3/c1-6-5-7(10)12-8(11-6)9(2,3)4/h6,8H,5H2,1-4H3/t6?,8-/m1/s1. The van der Waals surface area contributed by atoms with Gasteiger partial charge in [0.05, 0.1) is 12.5 Å². The van der Waals surface area contributed by atoms with Crippen molar-refractivity contribution in [2.45, 2.75) is 46.5 Å². The van der Waals surface area contributed by atoms with Crippen molar-refractivity contribution >= 4 is 5.97 Å². The molecule has 0 spiro atoms. The molecule has 0 amide bonds. The zero-order valence-corrected chi connectivity index (χ0v) is 8.09. The fourth-order valence-corrected chi connectivity index (χ4v) is 1.07. The lowest BCUT2D eigenvalue weighted by molar-refractivity contribution is -0.240. The number of cyclic esters (lactones) is 1. The summed E-state index contributed by atoms with van der Waals surface area (Å²) in [6.07, 6.45) is -0.0451. The maximum Gasteiger partial charge on any atom is 0.310 e. The minimum atomic E-state index is -0.395. The van der Waals surface area contributed by atoms with Gasteiger partial charge in [0.15, 0.2) is 0 Å². The van der Waals surface area contributed by atoms with Crippen molar-refractivity contribution in [3.05, 3.63) is 0 Å². The molecule has 1 saturated heterocycles. The van der Waals surface area contributed by atoms with Crippen LogP contribution < -0.4 is 0 Å². The molecule has 1 aliphatic heterocycles. The SMILES string of the molecule is CC1CC(=O)O[C@H](C(C)(C)C)O1. The fraction of sp³-hybridized carbons (Fsp3) is 0.889.